The third-order valence-corrected chi connectivity index (χ3v) is 6.69. The van der Waals surface area contributed by atoms with Gasteiger partial charge in [-0.25, -0.2) is 9.78 Å². The molecule has 2 heterocycles. The Bertz CT molecular complexity index is 983. The lowest BCUT2D eigenvalue weighted by Gasteiger charge is -2.12. The van der Waals surface area contributed by atoms with Crippen LogP contribution in [0, 0.1) is 0 Å². The van der Waals surface area contributed by atoms with Crippen molar-refractivity contribution in [2.24, 2.45) is 0 Å². The molecule has 156 valence electrons. The molecule has 2 N–H and O–H groups in total. The first-order valence-corrected chi connectivity index (χ1v) is 11.2. The molecule has 0 aromatic carbocycles. The van der Waals surface area contributed by atoms with Crippen molar-refractivity contribution in [3.8, 4) is 0 Å². The van der Waals surface area contributed by atoms with E-state index < -0.39 is 11.9 Å². The maximum atomic E-state index is 13.1. The van der Waals surface area contributed by atoms with E-state index >= 15 is 0 Å². The molecular weight excluding hydrogens is 412 g/mol. The van der Waals surface area contributed by atoms with Gasteiger partial charge in [-0.3, -0.25) is 19.5 Å². The number of carbonyl (C=O) groups excluding carboxylic acids is 2. The molecule has 29 heavy (non-hydrogen) atoms. The van der Waals surface area contributed by atoms with E-state index in [-0.39, 0.29) is 11.3 Å². The number of nitrogens with one attached hydrogen (secondary N) is 2. The van der Waals surface area contributed by atoms with Gasteiger partial charge in [0.15, 0.2) is 5.16 Å². The van der Waals surface area contributed by atoms with Gasteiger partial charge in [0.1, 0.15) is 4.83 Å². The third-order valence-electron chi connectivity index (χ3n) is 4.53. The second kappa shape index (κ2) is 10.0. The van der Waals surface area contributed by atoms with Gasteiger partial charge in [-0.1, -0.05) is 17.8 Å². The number of fused-ring (bicyclic) bond motifs is 3. The van der Waals surface area contributed by atoms with E-state index in [1.165, 1.54) is 12.0 Å². The predicted octanol–water partition coefficient (Wildman–Crippen LogP) is 2.09. The van der Waals surface area contributed by atoms with E-state index in [0.29, 0.717) is 30.2 Å². The zero-order valence-corrected chi connectivity index (χ0v) is 17.9. The number of thiophene rings is 1. The lowest BCUT2D eigenvalue weighted by Crippen LogP contribution is -2.41. The molecular formula is C19H24N4O4S2. The van der Waals surface area contributed by atoms with Crippen molar-refractivity contribution in [3.63, 3.8) is 0 Å². The maximum Gasteiger partial charge on any atom is 0.321 e. The van der Waals surface area contributed by atoms with E-state index in [4.69, 9.17) is 4.74 Å². The van der Waals surface area contributed by atoms with Gasteiger partial charge in [-0.15, -0.1) is 17.9 Å². The molecule has 1 aliphatic rings. The van der Waals surface area contributed by atoms with Crippen LogP contribution in [0.3, 0.4) is 0 Å². The van der Waals surface area contributed by atoms with Crippen molar-refractivity contribution >= 4 is 45.3 Å². The Morgan fingerprint density at radius 1 is 1.38 bits per heavy atom. The molecule has 0 unspecified atom stereocenters. The summed E-state index contributed by atoms with van der Waals surface area (Å²) < 4.78 is 6.39. The molecule has 2 aromatic rings. The number of hydrogen-bond acceptors (Lipinski definition) is 7. The van der Waals surface area contributed by atoms with E-state index in [9.17, 15) is 14.4 Å². The number of imide groups is 1. The number of hydrogen-bond donors (Lipinski definition) is 2. The highest BCUT2D eigenvalue weighted by molar-refractivity contribution is 7.99. The van der Waals surface area contributed by atoms with Gasteiger partial charge < -0.3 is 10.1 Å². The van der Waals surface area contributed by atoms with Crippen molar-refractivity contribution in [2.45, 2.75) is 37.4 Å². The van der Waals surface area contributed by atoms with Gasteiger partial charge in [0.25, 0.3) is 5.56 Å². The molecule has 0 saturated carbocycles. The topological polar surface area (TPSA) is 102 Å². The largest absolute Gasteiger partial charge is 0.383 e. The fourth-order valence-electron chi connectivity index (χ4n) is 3.22. The molecule has 8 nitrogen and oxygen atoms in total. The van der Waals surface area contributed by atoms with Crippen molar-refractivity contribution < 1.29 is 14.3 Å². The Morgan fingerprint density at radius 2 is 2.17 bits per heavy atom. The molecule has 0 spiro atoms. The summed E-state index contributed by atoms with van der Waals surface area (Å²) in [5.74, 6) is -0.493. The Labute approximate surface area is 176 Å². The van der Waals surface area contributed by atoms with Crippen LogP contribution in [0.15, 0.2) is 22.6 Å². The highest BCUT2D eigenvalue weighted by atomic mass is 32.2. The van der Waals surface area contributed by atoms with Crippen LogP contribution in [0.25, 0.3) is 10.2 Å². The number of ether oxygens (including phenoxy) is 1. The standard InChI is InChI=1S/C19H24N4O4S2/c1-3-9-23-17(25)15-12-6-4-5-7-13(12)29-16(15)22-19(23)28-11-14(24)21-18(26)20-8-10-27-2/h3H,1,4-11H2,2H3,(H2,20,21,24,26). The van der Waals surface area contributed by atoms with Crippen LogP contribution in [-0.4, -0.2) is 47.5 Å². The number of thioether (sulfide) groups is 1. The van der Waals surface area contributed by atoms with Gasteiger partial charge in [0.2, 0.25) is 5.91 Å². The number of carbonyl (C=O) groups is 2. The Morgan fingerprint density at radius 3 is 2.93 bits per heavy atom. The molecule has 3 rings (SSSR count). The van der Waals surface area contributed by atoms with Crippen molar-refractivity contribution in [1.29, 1.82) is 0 Å². The summed E-state index contributed by atoms with van der Waals surface area (Å²) in [6.45, 7) is 4.71. The number of amides is 3. The SMILES string of the molecule is C=CCn1c(SCC(=O)NC(=O)NCCOC)nc2sc3c(c2c1=O)CCCC3. The van der Waals surface area contributed by atoms with Crippen molar-refractivity contribution in [2.75, 3.05) is 26.0 Å². The summed E-state index contributed by atoms with van der Waals surface area (Å²) in [6, 6.07) is -0.578. The summed E-state index contributed by atoms with van der Waals surface area (Å²) >= 11 is 2.71. The van der Waals surface area contributed by atoms with E-state index in [2.05, 4.69) is 22.2 Å². The van der Waals surface area contributed by atoms with Crippen LogP contribution in [0.1, 0.15) is 23.3 Å². The predicted molar refractivity (Wildman–Crippen MR) is 115 cm³/mol. The van der Waals surface area contributed by atoms with Crippen LogP contribution in [-0.2, 0) is 28.9 Å². The average Bonchev–Trinajstić information content (AvgIpc) is 3.07. The van der Waals surface area contributed by atoms with Crippen LogP contribution >= 0.6 is 23.1 Å². The van der Waals surface area contributed by atoms with Gasteiger partial charge in [0, 0.05) is 25.1 Å². The molecule has 0 fully saturated rings. The number of rotatable bonds is 8. The first-order chi connectivity index (χ1) is 14.0. The number of aromatic nitrogens is 2. The molecule has 0 radical (unpaired) electrons. The fraction of sp³-hybridized carbons (Fsp3) is 0.474. The van der Waals surface area contributed by atoms with Gasteiger partial charge in [-0.2, -0.15) is 0 Å². The quantitative estimate of drug-likeness (QED) is 0.284. The van der Waals surface area contributed by atoms with E-state index in [0.717, 1.165) is 47.8 Å². The van der Waals surface area contributed by atoms with E-state index in [1.807, 2.05) is 0 Å². The summed E-state index contributed by atoms with van der Waals surface area (Å²) in [4.78, 5) is 43.5. The minimum atomic E-state index is -0.578. The Balaban J connectivity index is 1.77. The summed E-state index contributed by atoms with van der Waals surface area (Å²) in [7, 11) is 1.53. The first-order valence-electron chi connectivity index (χ1n) is 9.40. The number of urea groups is 1. The summed E-state index contributed by atoms with van der Waals surface area (Å²) in [6.07, 6.45) is 5.76. The minimum absolute atomic E-state index is 0.0299. The number of aryl methyl sites for hydroxylation is 2. The van der Waals surface area contributed by atoms with Crippen LogP contribution in [0.4, 0.5) is 4.79 Å². The molecule has 0 saturated heterocycles. The van der Waals surface area contributed by atoms with E-state index in [1.54, 1.807) is 22.0 Å². The van der Waals surface area contributed by atoms with Gasteiger partial charge in [0.05, 0.1) is 17.7 Å². The summed E-state index contributed by atoms with van der Waals surface area (Å²) in [5.41, 5.74) is 1.04. The highest BCUT2D eigenvalue weighted by Gasteiger charge is 2.22. The lowest BCUT2D eigenvalue weighted by atomic mass is 9.97. The number of methoxy groups -OCH3 is 1. The van der Waals surface area contributed by atoms with Crippen LogP contribution in [0.5, 0.6) is 0 Å². The van der Waals surface area contributed by atoms with Gasteiger partial charge >= 0.3 is 6.03 Å². The smallest absolute Gasteiger partial charge is 0.321 e. The molecule has 3 amide bonds. The number of nitrogens with zero attached hydrogens (tertiary/aromatic N) is 2. The summed E-state index contributed by atoms with van der Waals surface area (Å²) in [5, 5.41) is 5.93. The normalized spacial score (nSPS) is 13.1. The molecule has 0 atom stereocenters. The van der Waals surface area contributed by atoms with Gasteiger partial charge in [-0.05, 0) is 31.2 Å². The second-order valence-corrected chi connectivity index (χ2v) is 8.60. The maximum absolute atomic E-state index is 13.1. The monoisotopic (exact) mass is 436 g/mol. The molecule has 1 aliphatic carbocycles. The number of allylic oxidation sites excluding steroid dienone is 1. The van der Waals surface area contributed by atoms with Crippen molar-refractivity contribution in [3.05, 3.63) is 33.4 Å². The molecule has 0 aliphatic heterocycles. The van der Waals surface area contributed by atoms with Crippen LogP contribution in [0.2, 0.25) is 0 Å². The zero-order valence-electron chi connectivity index (χ0n) is 16.3. The molecule has 2 aromatic heterocycles. The fourth-order valence-corrected chi connectivity index (χ4v) is 5.33. The Hall–Kier alpha value is -2.17. The zero-order chi connectivity index (χ0) is 20.8. The van der Waals surface area contributed by atoms with Crippen LogP contribution < -0.4 is 16.2 Å². The second-order valence-electron chi connectivity index (χ2n) is 6.58. The van der Waals surface area contributed by atoms with Crippen molar-refractivity contribution in [1.82, 2.24) is 20.2 Å². The highest BCUT2D eigenvalue weighted by Crippen LogP contribution is 2.34. The molecule has 0 bridgehead atoms. The Kier molecular flexibility index (Phi) is 7.45. The lowest BCUT2D eigenvalue weighted by molar-refractivity contribution is -0.117. The average molecular weight is 437 g/mol. The minimum Gasteiger partial charge on any atom is -0.383 e. The molecule has 10 heteroatoms. The first kappa shape index (κ1) is 21.5. The third kappa shape index (κ3) is 5.06.